The number of esters is 1. The number of nitrogens with zero attached hydrogens (tertiary/aromatic N) is 3. The molecule has 4 rings (SSSR count). The first-order valence-corrected chi connectivity index (χ1v) is 12.0. The molecule has 0 spiro atoms. The van der Waals surface area contributed by atoms with Crippen LogP contribution in [0.25, 0.3) is 6.08 Å². The summed E-state index contributed by atoms with van der Waals surface area (Å²) in [7, 11) is 3.07. The fraction of sp³-hybridized carbons (Fsp3) is 0.250. The Bertz CT molecular complexity index is 1460. The van der Waals surface area contributed by atoms with E-state index in [-0.39, 0.29) is 17.7 Å². The summed E-state index contributed by atoms with van der Waals surface area (Å²) in [6.45, 7) is 3.68. The number of hydrogen-bond donors (Lipinski definition) is 0. The Labute approximate surface area is 208 Å². The van der Waals surface area contributed by atoms with Gasteiger partial charge in [-0.1, -0.05) is 27.3 Å². The number of benzene rings is 1. The Morgan fingerprint density at radius 2 is 1.88 bits per heavy atom. The smallest absolute Gasteiger partial charge is 0.338 e. The Kier molecular flexibility index (Phi) is 6.99. The van der Waals surface area contributed by atoms with Gasteiger partial charge < -0.3 is 14.2 Å². The van der Waals surface area contributed by atoms with E-state index in [1.54, 1.807) is 51.6 Å². The van der Waals surface area contributed by atoms with Gasteiger partial charge in [0.05, 0.1) is 42.7 Å². The Hall–Kier alpha value is -3.24. The molecule has 0 amide bonds. The summed E-state index contributed by atoms with van der Waals surface area (Å²) in [6.07, 6.45) is 5.11. The first-order chi connectivity index (χ1) is 16.4. The number of thiazole rings is 1. The first-order valence-electron chi connectivity index (χ1n) is 10.4. The van der Waals surface area contributed by atoms with Gasteiger partial charge in [0.2, 0.25) is 0 Å². The maximum atomic E-state index is 13.6. The summed E-state index contributed by atoms with van der Waals surface area (Å²) < 4.78 is 18.9. The second kappa shape index (κ2) is 9.94. The van der Waals surface area contributed by atoms with Crippen molar-refractivity contribution in [3.05, 3.63) is 83.2 Å². The number of ether oxygens (including phenoxy) is 3. The minimum absolute atomic E-state index is 0.196. The second-order valence-electron chi connectivity index (χ2n) is 7.31. The molecule has 0 aliphatic carbocycles. The standard InChI is InChI=1S/C24H22BrN3O5S/c1-5-33-23(30)20-13(2)27-24-28(22(29)19(34-24)10-14-6-8-26-9-7-14)21(20)15-11-17(31-3)18(32-4)12-16(15)25/h6-12,21H,5H2,1-4H3/b19-10-/t21-/m0/s1. The fourth-order valence-corrected chi connectivity index (χ4v) is 5.36. The maximum absolute atomic E-state index is 13.6. The van der Waals surface area contributed by atoms with Crippen LogP contribution in [0, 0.1) is 0 Å². The number of methoxy groups -OCH3 is 2. The van der Waals surface area contributed by atoms with Crippen LogP contribution in [-0.2, 0) is 9.53 Å². The summed E-state index contributed by atoms with van der Waals surface area (Å²) in [5, 5.41) is 0. The van der Waals surface area contributed by atoms with E-state index < -0.39 is 12.0 Å². The van der Waals surface area contributed by atoms with Crippen LogP contribution >= 0.6 is 27.3 Å². The van der Waals surface area contributed by atoms with Crippen molar-refractivity contribution in [2.45, 2.75) is 19.9 Å². The molecule has 0 unspecified atom stereocenters. The zero-order valence-corrected chi connectivity index (χ0v) is 21.4. The summed E-state index contributed by atoms with van der Waals surface area (Å²) in [5.74, 6) is 0.456. The molecule has 2 aromatic heterocycles. The lowest BCUT2D eigenvalue weighted by Gasteiger charge is -2.26. The summed E-state index contributed by atoms with van der Waals surface area (Å²) in [6, 6.07) is 6.36. The number of halogens is 1. The summed E-state index contributed by atoms with van der Waals surface area (Å²) in [5.41, 5.74) is 2.00. The summed E-state index contributed by atoms with van der Waals surface area (Å²) >= 11 is 4.85. The van der Waals surface area contributed by atoms with Crippen LogP contribution in [-0.4, -0.2) is 36.3 Å². The largest absolute Gasteiger partial charge is 0.493 e. The highest BCUT2D eigenvalue weighted by Crippen LogP contribution is 2.40. The number of allylic oxidation sites excluding steroid dienone is 1. The zero-order chi connectivity index (χ0) is 24.4. The fourth-order valence-electron chi connectivity index (χ4n) is 3.78. The van der Waals surface area contributed by atoms with Gasteiger partial charge in [0.1, 0.15) is 0 Å². The van der Waals surface area contributed by atoms with Crippen LogP contribution in [0.3, 0.4) is 0 Å². The van der Waals surface area contributed by atoms with Crippen LogP contribution in [0.4, 0.5) is 0 Å². The Morgan fingerprint density at radius 3 is 2.53 bits per heavy atom. The third-order valence-electron chi connectivity index (χ3n) is 5.32. The number of hydrogen-bond acceptors (Lipinski definition) is 8. The summed E-state index contributed by atoms with van der Waals surface area (Å²) in [4.78, 5) is 35.8. The molecule has 3 aromatic rings. The predicted octanol–water partition coefficient (Wildman–Crippen LogP) is 2.97. The molecular formula is C24H22BrN3O5S. The van der Waals surface area contributed by atoms with Crippen LogP contribution in [0.2, 0.25) is 0 Å². The Morgan fingerprint density at radius 1 is 1.21 bits per heavy atom. The van der Waals surface area contributed by atoms with E-state index in [0.29, 0.717) is 36.6 Å². The van der Waals surface area contributed by atoms with Crippen molar-refractivity contribution in [2.24, 2.45) is 4.99 Å². The number of carbonyl (C=O) groups excluding carboxylic acids is 1. The highest BCUT2D eigenvalue weighted by Gasteiger charge is 2.35. The van der Waals surface area contributed by atoms with Gasteiger partial charge in [-0.05, 0) is 55.3 Å². The number of rotatable bonds is 6. The molecule has 0 N–H and O–H groups in total. The number of pyridine rings is 1. The van der Waals surface area contributed by atoms with E-state index in [2.05, 4.69) is 25.9 Å². The van der Waals surface area contributed by atoms with Crippen molar-refractivity contribution < 1.29 is 19.0 Å². The normalized spacial score (nSPS) is 15.6. The van der Waals surface area contributed by atoms with Gasteiger partial charge in [0, 0.05) is 16.9 Å². The highest BCUT2D eigenvalue weighted by molar-refractivity contribution is 9.10. The highest BCUT2D eigenvalue weighted by atomic mass is 79.9. The van der Waals surface area contributed by atoms with E-state index in [1.807, 2.05) is 12.1 Å². The molecule has 0 fully saturated rings. The monoisotopic (exact) mass is 543 g/mol. The molecule has 10 heteroatoms. The van der Waals surface area contributed by atoms with Crippen molar-refractivity contribution in [1.29, 1.82) is 0 Å². The predicted molar refractivity (Wildman–Crippen MR) is 132 cm³/mol. The Balaban J connectivity index is 2.02. The van der Waals surface area contributed by atoms with Crippen molar-refractivity contribution >= 4 is 39.3 Å². The van der Waals surface area contributed by atoms with Crippen molar-refractivity contribution in [1.82, 2.24) is 9.55 Å². The third-order valence-corrected chi connectivity index (χ3v) is 6.99. The first kappa shape index (κ1) is 23.9. The number of carbonyl (C=O) groups is 1. The minimum atomic E-state index is -0.774. The lowest BCUT2D eigenvalue weighted by Crippen LogP contribution is -2.40. The van der Waals surface area contributed by atoms with Gasteiger partial charge >= 0.3 is 5.97 Å². The van der Waals surface area contributed by atoms with Gasteiger partial charge in [-0.25, -0.2) is 9.79 Å². The van der Waals surface area contributed by atoms with E-state index in [1.165, 1.54) is 23.0 Å². The quantitative estimate of drug-likeness (QED) is 0.444. The molecule has 3 heterocycles. The van der Waals surface area contributed by atoms with E-state index >= 15 is 0 Å². The topological polar surface area (TPSA) is 92.0 Å². The lowest BCUT2D eigenvalue weighted by molar-refractivity contribution is -0.139. The molecule has 34 heavy (non-hydrogen) atoms. The second-order valence-corrected chi connectivity index (χ2v) is 9.17. The van der Waals surface area contributed by atoms with Crippen LogP contribution in [0.5, 0.6) is 11.5 Å². The van der Waals surface area contributed by atoms with Crippen LogP contribution in [0.1, 0.15) is 31.0 Å². The number of fused-ring (bicyclic) bond motifs is 1. The molecule has 0 bridgehead atoms. The molecule has 176 valence electrons. The average Bonchev–Trinajstić information content (AvgIpc) is 3.13. The zero-order valence-electron chi connectivity index (χ0n) is 19.0. The molecular weight excluding hydrogens is 522 g/mol. The van der Waals surface area contributed by atoms with Gasteiger partial charge in [-0.15, -0.1) is 0 Å². The van der Waals surface area contributed by atoms with Gasteiger partial charge in [0.25, 0.3) is 5.56 Å². The molecule has 0 saturated carbocycles. The molecule has 1 aliphatic heterocycles. The molecule has 0 radical (unpaired) electrons. The molecule has 8 nitrogen and oxygen atoms in total. The van der Waals surface area contributed by atoms with Gasteiger partial charge in [-0.3, -0.25) is 14.3 Å². The van der Waals surface area contributed by atoms with Crippen molar-refractivity contribution in [3.8, 4) is 11.5 Å². The van der Waals surface area contributed by atoms with Crippen LogP contribution < -0.4 is 24.4 Å². The van der Waals surface area contributed by atoms with Crippen molar-refractivity contribution in [2.75, 3.05) is 20.8 Å². The van der Waals surface area contributed by atoms with E-state index in [0.717, 1.165) is 5.56 Å². The van der Waals surface area contributed by atoms with E-state index in [9.17, 15) is 9.59 Å². The van der Waals surface area contributed by atoms with Gasteiger partial charge in [-0.2, -0.15) is 0 Å². The van der Waals surface area contributed by atoms with E-state index in [4.69, 9.17) is 14.2 Å². The minimum Gasteiger partial charge on any atom is -0.493 e. The molecule has 1 atom stereocenters. The molecule has 1 aliphatic rings. The number of aromatic nitrogens is 2. The lowest BCUT2D eigenvalue weighted by atomic mass is 9.95. The van der Waals surface area contributed by atoms with Gasteiger partial charge in [0.15, 0.2) is 16.3 Å². The SMILES string of the molecule is CCOC(=O)C1=C(C)N=c2s/c(=C\c3ccncc3)c(=O)n2[C@H]1c1cc(OC)c(OC)cc1Br. The molecule has 1 aromatic carbocycles. The van der Waals surface area contributed by atoms with Crippen molar-refractivity contribution in [3.63, 3.8) is 0 Å². The van der Waals surface area contributed by atoms with Crippen LogP contribution in [0.15, 0.2) is 62.2 Å². The molecule has 0 saturated heterocycles. The third kappa shape index (κ3) is 4.30. The average molecular weight is 544 g/mol. The maximum Gasteiger partial charge on any atom is 0.338 e.